The van der Waals surface area contributed by atoms with Gasteiger partial charge in [0, 0.05) is 0 Å². The molecule has 94 valence electrons. The number of carbonyl (C=O) groups is 3. The second kappa shape index (κ2) is 7.07. The van der Waals surface area contributed by atoms with Crippen LogP contribution in [0.3, 0.4) is 0 Å². The molecule has 0 aromatic heterocycles. The number of allylic oxidation sites excluding steroid dienone is 1. The van der Waals surface area contributed by atoms with E-state index in [1.54, 1.807) is 6.08 Å². The summed E-state index contributed by atoms with van der Waals surface area (Å²) in [7, 11) is 0. The molecule has 0 aliphatic carbocycles. The summed E-state index contributed by atoms with van der Waals surface area (Å²) in [6.07, 6.45) is 3.39. The van der Waals surface area contributed by atoms with E-state index in [-0.39, 0.29) is 41.9 Å². The first kappa shape index (κ1) is 17.4. The second-order valence-electron chi connectivity index (χ2n) is 4.39. The van der Waals surface area contributed by atoms with Gasteiger partial charge in [0.2, 0.25) is 11.8 Å². The van der Waals surface area contributed by atoms with Crippen LogP contribution in [0.5, 0.6) is 0 Å². The molecule has 0 bridgehead atoms. The Morgan fingerprint density at radius 1 is 1.28 bits per heavy atom. The number of rotatable bonds is 5. The number of carbonyl (C=O) groups excluding carboxylic acids is 3. The van der Waals surface area contributed by atoms with Crippen molar-refractivity contribution in [2.24, 2.45) is 11.3 Å². The topological polar surface area (TPSA) is 75.3 Å². The zero-order valence-electron chi connectivity index (χ0n) is 11.2. The van der Waals surface area contributed by atoms with Gasteiger partial charge in [-0.1, -0.05) is 26.3 Å². The predicted molar refractivity (Wildman–Crippen MR) is 63.0 cm³/mol. The van der Waals surface area contributed by atoms with Gasteiger partial charge in [-0.15, -0.1) is 6.58 Å². The minimum absolute atomic E-state index is 0. The second-order valence-corrected chi connectivity index (χ2v) is 4.39. The van der Waals surface area contributed by atoms with Gasteiger partial charge < -0.3 is 0 Å². The molecule has 1 aliphatic heterocycles. The van der Waals surface area contributed by atoms with Crippen LogP contribution >= 0.6 is 0 Å². The third-order valence-corrected chi connectivity index (χ3v) is 3.29. The summed E-state index contributed by atoms with van der Waals surface area (Å²) in [5.74, 6) is -1.18. The van der Waals surface area contributed by atoms with E-state index >= 15 is 0 Å². The van der Waals surface area contributed by atoms with E-state index < -0.39 is 23.3 Å². The molecule has 0 aromatic carbocycles. The van der Waals surface area contributed by atoms with Gasteiger partial charge >= 0.3 is 35.6 Å². The molecule has 2 N–H and O–H groups in total. The molecule has 5 nitrogen and oxygen atoms in total. The standard InChI is InChI=1S/C12H18N2O3.Na/c1-4-6-8(3)12(7-5-2)9(15)13-11(17)14-10(12)16;/h5,8H,2,4,6-7H2,1,3H3,(H2,13,14,15,16,17);/q;+1/t8-;/m1./s1. The van der Waals surface area contributed by atoms with E-state index in [0.717, 1.165) is 12.8 Å². The van der Waals surface area contributed by atoms with Gasteiger partial charge in [0.05, 0.1) is 0 Å². The van der Waals surface area contributed by atoms with Gasteiger partial charge in [-0.2, -0.15) is 0 Å². The molecule has 6 heteroatoms. The Morgan fingerprint density at radius 2 is 1.78 bits per heavy atom. The van der Waals surface area contributed by atoms with E-state index in [1.165, 1.54) is 0 Å². The molecule has 0 radical (unpaired) electrons. The van der Waals surface area contributed by atoms with Crippen LogP contribution in [0.25, 0.3) is 0 Å². The summed E-state index contributed by atoms with van der Waals surface area (Å²) in [5, 5.41) is 4.33. The first-order chi connectivity index (χ1) is 7.98. The maximum absolute atomic E-state index is 12.0. The maximum atomic E-state index is 12.0. The third kappa shape index (κ3) is 3.02. The number of nitrogens with one attached hydrogen (secondary N) is 2. The fourth-order valence-electron chi connectivity index (χ4n) is 2.30. The first-order valence-electron chi connectivity index (χ1n) is 5.76. The van der Waals surface area contributed by atoms with Gasteiger partial charge in [-0.25, -0.2) is 4.79 Å². The zero-order valence-corrected chi connectivity index (χ0v) is 13.2. The SMILES string of the molecule is C=CCC1([C@H](C)CCC)C(=O)NC(=O)NC1=O.[Na+]. The molecule has 0 aromatic rings. The van der Waals surface area contributed by atoms with Gasteiger partial charge in [-0.3, -0.25) is 20.2 Å². The van der Waals surface area contributed by atoms with E-state index in [2.05, 4.69) is 17.2 Å². The first-order valence-corrected chi connectivity index (χ1v) is 5.76. The fourth-order valence-corrected chi connectivity index (χ4v) is 2.30. The Balaban J connectivity index is 0.00000289. The molecular weight excluding hydrogens is 243 g/mol. The van der Waals surface area contributed by atoms with Crippen molar-refractivity contribution in [3.8, 4) is 0 Å². The molecule has 1 atom stereocenters. The molecular formula is C12H18N2NaO3+. The minimum Gasteiger partial charge on any atom is -0.277 e. The number of imide groups is 2. The largest absolute Gasteiger partial charge is 1.00 e. The Morgan fingerprint density at radius 3 is 2.17 bits per heavy atom. The quantitative estimate of drug-likeness (QED) is 0.354. The van der Waals surface area contributed by atoms with Crippen molar-refractivity contribution in [1.29, 1.82) is 0 Å². The van der Waals surface area contributed by atoms with Crippen molar-refractivity contribution in [2.45, 2.75) is 33.1 Å². The van der Waals surface area contributed by atoms with Gasteiger partial charge in [0.25, 0.3) is 0 Å². The summed E-state index contributed by atoms with van der Waals surface area (Å²) >= 11 is 0. The minimum atomic E-state index is -1.20. The molecule has 1 rings (SSSR count). The Labute approximate surface area is 129 Å². The number of urea groups is 1. The van der Waals surface area contributed by atoms with Crippen molar-refractivity contribution in [3.05, 3.63) is 12.7 Å². The number of barbiturate groups is 1. The molecule has 0 spiro atoms. The summed E-state index contributed by atoms with van der Waals surface area (Å²) in [4.78, 5) is 35.1. The number of hydrogen-bond acceptors (Lipinski definition) is 3. The van der Waals surface area contributed by atoms with Crippen molar-refractivity contribution in [1.82, 2.24) is 10.6 Å². The normalized spacial score (nSPS) is 19.3. The number of amides is 4. The smallest absolute Gasteiger partial charge is 0.277 e. The molecule has 0 saturated carbocycles. The molecule has 18 heavy (non-hydrogen) atoms. The summed E-state index contributed by atoms with van der Waals surface area (Å²) in [6, 6.07) is -0.747. The monoisotopic (exact) mass is 261 g/mol. The van der Waals surface area contributed by atoms with Crippen LogP contribution < -0.4 is 40.2 Å². The summed E-state index contributed by atoms with van der Waals surface area (Å²) in [5.41, 5.74) is -1.20. The van der Waals surface area contributed by atoms with Gasteiger partial charge in [-0.05, 0) is 18.8 Å². The van der Waals surface area contributed by atoms with E-state index in [4.69, 9.17) is 0 Å². The van der Waals surface area contributed by atoms with E-state index in [9.17, 15) is 14.4 Å². The van der Waals surface area contributed by atoms with Crippen LogP contribution in [0.4, 0.5) is 4.79 Å². The van der Waals surface area contributed by atoms with Crippen molar-refractivity contribution in [3.63, 3.8) is 0 Å². The van der Waals surface area contributed by atoms with E-state index in [1.807, 2.05) is 13.8 Å². The predicted octanol–water partition coefficient (Wildman–Crippen LogP) is -1.64. The third-order valence-electron chi connectivity index (χ3n) is 3.29. The molecule has 1 fully saturated rings. The molecule has 1 saturated heterocycles. The zero-order chi connectivity index (χ0) is 13.1. The molecule has 1 aliphatic rings. The van der Waals surface area contributed by atoms with E-state index in [0.29, 0.717) is 0 Å². The van der Waals surface area contributed by atoms with Gasteiger partial charge in [0.15, 0.2) is 0 Å². The van der Waals surface area contributed by atoms with Gasteiger partial charge in [0.1, 0.15) is 5.41 Å². The average molecular weight is 261 g/mol. The summed E-state index contributed by atoms with van der Waals surface area (Å²) < 4.78 is 0. The molecule has 0 unspecified atom stereocenters. The van der Waals surface area contributed by atoms with Crippen LogP contribution in [-0.4, -0.2) is 17.8 Å². The van der Waals surface area contributed by atoms with Crippen molar-refractivity contribution < 1.29 is 43.9 Å². The number of hydrogen-bond donors (Lipinski definition) is 2. The maximum Gasteiger partial charge on any atom is 1.00 e. The molecule has 4 amide bonds. The Kier molecular flexibility index (Phi) is 6.81. The summed E-state index contributed by atoms with van der Waals surface area (Å²) in [6.45, 7) is 7.42. The Bertz CT molecular complexity index is 348. The van der Waals surface area contributed by atoms with Crippen molar-refractivity contribution in [2.75, 3.05) is 0 Å². The van der Waals surface area contributed by atoms with Crippen LogP contribution in [-0.2, 0) is 9.59 Å². The van der Waals surface area contributed by atoms with Crippen LogP contribution in [0, 0.1) is 11.3 Å². The Hall–Kier alpha value is -0.650. The van der Waals surface area contributed by atoms with Crippen LogP contribution in [0.1, 0.15) is 33.1 Å². The molecule has 1 heterocycles. The fraction of sp³-hybridized carbons (Fsp3) is 0.583. The van der Waals surface area contributed by atoms with Crippen LogP contribution in [0.15, 0.2) is 12.7 Å². The van der Waals surface area contributed by atoms with Crippen LogP contribution in [0.2, 0.25) is 0 Å². The van der Waals surface area contributed by atoms with Crippen molar-refractivity contribution >= 4 is 17.8 Å². The average Bonchev–Trinajstić information content (AvgIpc) is 2.23.